The van der Waals surface area contributed by atoms with E-state index in [-0.39, 0.29) is 37.5 Å². The van der Waals surface area contributed by atoms with Gasteiger partial charge in [-0.25, -0.2) is 8.42 Å². The lowest BCUT2D eigenvalue weighted by Gasteiger charge is -2.42. The number of hydrogen-bond donors (Lipinski definition) is 0. The number of anilines is 1. The molecule has 0 bridgehead atoms. The molecule has 0 N–H and O–H groups in total. The number of hydrogen-bond acceptors (Lipinski definition) is 6. The van der Waals surface area contributed by atoms with Crippen LogP contribution in [0.4, 0.5) is 5.69 Å². The summed E-state index contributed by atoms with van der Waals surface area (Å²) in [6, 6.07) is 0. The highest BCUT2D eigenvalue weighted by atomic mass is 32.2. The molecule has 0 aromatic carbocycles. The van der Waals surface area contributed by atoms with Crippen LogP contribution >= 0.6 is 0 Å². The lowest BCUT2D eigenvalue weighted by molar-refractivity contribution is -0.145. The average molecular weight is 370 g/mol. The molecule has 1 saturated carbocycles. The SMILES string of the molecule is Cn1cc(N2C[C@]3(COCCN(S(=O)(=O)C4CC4)C3)OCC2=O)cn1. The van der Waals surface area contributed by atoms with Crippen LogP contribution in [-0.4, -0.2) is 78.7 Å². The van der Waals surface area contributed by atoms with Crippen LogP contribution in [0.5, 0.6) is 0 Å². The van der Waals surface area contributed by atoms with Gasteiger partial charge in [0.15, 0.2) is 0 Å². The van der Waals surface area contributed by atoms with Crippen LogP contribution in [0, 0.1) is 0 Å². The molecule has 138 valence electrons. The van der Waals surface area contributed by atoms with Gasteiger partial charge in [0.2, 0.25) is 10.0 Å². The molecule has 1 aromatic heterocycles. The zero-order valence-electron chi connectivity index (χ0n) is 14.1. The average Bonchev–Trinajstić information content (AvgIpc) is 3.37. The molecule has 1 spiro atoms. The first-order chi connectivity index (χ1) is 11.9. The van der Waals surface area contributed by atoms with Gasteiger partial charge in [0, 0.05) is 26.3 Å². The molecule has 3 fully saturated rings. The fourth-order valence-electron chi connectivity index (χ4n) is 3.35. The molecule has 4 rings (SSSR count). The highest BCUT2D eigenvalue weighted by Crippen LogP contribution is 2.34. The number of aryl methyl sites for hydroxylation is 1. The largest absolute Gasteiger partial charge is 0.377 e. The number of nitrogens with zero attached hydrogens (tertiary/aromatic N) is 4. The van der Waals surface area contributed by atoms with Crippen molar-refractivity contribution in [3.63, 3.8) is 0 Å². The maximum atomic E-state index is 12.7. The molecule has 0 radical (unpaired) electrons. The Labute approximate surface area is 146 Å². The smallest absolute Gasteiger partial charge is 0.253 e. The summed E-state index contributed by atoms with van der Waals surface area (Å²) in [5.41, 5.74) is -0.182. The van der Waals surface area contributed by atoms with Crippen molar-refractivity contribution in [2.24, 2.45) is 7.05 Å². The lowest BCUT2D eigenvalue weighted by atomic mass is 10.0. The van der Waals surface area contributed by atoms with E-state index in [1.54, 1.807) is 29.0 Å². The van der Waals surface area contributed by atoms with E-state index in [9.17, 15) is 13.2 Å². The number of ether oxygens (including phenoxy) is 2. The van der Waals surface area contributed by atoms with E-state index < -0.39 is 15.6 Å². The van der Waals surface area contributed by atoms with Gasteiger partial charge in [0.25, 0.3) is 5.91 Å². The van der Waals surface area contributed by atoms with Crippen molar-refractivity contribution < 1.29 is 22.7 Å². The van der Waals surface area contributed by atoms with Gasteiger partial charge in [0.05, 0.1) is 36.9 Å². The lowest BCUT2D eigenvalue weighted by Crippen LogP contribution is -2.61. The molecule has 1 amide bonds. The Morgan fingerprint density at radius 3 is 2.80 bits per heavy atom. The number of amides is 1. The Hall–Kier alpha value is -1.49. The molecular formula is C15H22N4O5S. The molecule has 0 unspecified atom stereocenters. The standard InChI is InChI=1S/C15H22N4O5S/c1-17-7-12(6-16-17)19-10-15(24-8-14(19)20)9-18(4-5-23-11-15)25(21,22)13-2-3-13/h6-7,13H,2-5,8-11H2,1H3/t15-/m1/s1. The first-order valence-corrected chi connectivity index (χ1v) is 9.90. The summed E-state index contributed by atoms with van der Waals surface area (Å²) >= 11 is 0. The summed E-state index contributed by atoms with van der Waals surface area (Å²) < 4.78 is 39.9. The first-order valence-electron chi connectivity index (χ1n) is 8.39. The fourth-order valence-corrected chi connectivity index (χ4v) is 5.24. The van der Waals surface area contributed by atoms with Crippen molar-refractivity contribution in [3.05, 3.63) is 12.4 Å². The second-order valence-corrected chi connectivity index (χ2v) is 9.17. The van der Waals surface area contributed by atoms with Crippen LogP contribution in [0.1, 0.15) is 12.8 Å². The van der Waals surface area contributed by atoms with E-state index in [0.717, 1.165) is 0 Å². The number of aromatic nitrogens is 2. The molecule has 2 saturated heterocycles. The summed E-state index contributed by atoms with van der Waals surface area (Å²) in [4.78, 5) is 13.9. The van der Waals surface area contributed by atoms with Crippen molar-refractivity contribution in [2.75, 3.05) is 44.4 Å². The maximum absolute atomic E-state index is 12.7. The number of sulfonamides is 1. The topological polar surface area (TPSA) is 94.0 Å². The molecular weight excluding hydrogens is 348 g/mol. The maximum Gasteiger partial charge on any atom is 0.253 e. The third-order valence-electron chi connectivity index (χ3n) is 4.87. The molecule has 2 aliphatic heterocycles. The van der Waals surface area contributed by atoms with Crippen molar-refractivity contribution in [2.45, 2.75) is 23.7 Å². The van der Waals surface area contributed by atoms with E-state index in [1.807, 2.05) is 0 Å². The van der Waals surface area contributed by atoms with E-state index in [0.29, 0.717) is 31.7 Å². The summed E-state index contributed by atoms with van der Waals surface area (Å²) in [6.07, 6.45) is 4.81. The molecule has 3 aliphatic rings. The predicted octanol–water partition coefficient (Wildman–Crippen LogP) is -0.653. The van der Waals surface area contributed by atoms with Crippen LogP contribution in [0.2, 0.25) is 0 Å². The number of morpholine rings is 1. The molecule has 9 nitrogen and oxygen atoms in total. The van der Waals surface area contributed by atoms with E-state index in [1.165, 1.54) is 4.31 Å². The molecule has 10 heteroatoms. The Bertz CT molecular complexity index is 775. The minimum Gasteiger partial charge on any atom is -0.377 e. The number of rotatable bonds is 3. The van der Waals surface area contributed by atoms with Crippen molar-refractivity contribution in [1.29, 1.82) is 0 Å². The fraction of sp³-hybridized carbons (Fsp3) is 0.733. The van der Waals surface area contributed by atoms with Gasteiger partial charge in [0.1, 0.15) is 12.2 Å². The second kappa shape index (κ2) is 6.04. The Kier molecular flexibility index (Phi) is 4.10. The molecule has 25 heavy (non-hydrogen) atoms. The molecule has 1 atom stereocenters. The van der Waals surface area contributed by atoms with Crippen molar-refractivity contribution in [1.82, 2.24) is 14.1 Å². The van der Waals surface area contributed by atoms with Gasteiger partial charge >= 0.3 is 0 Å². The summed E-state index contributed by atoms with van der Waals surface area (Å²) in [5, 5.41) is 3.83. The third kappa shape index (κ3) is 3.19. The number of carbonyl (C=O) groups is 1. The zero-order valence-corrected chi connectivity index (χ0v) is 14.9. The second-order valence-electron chi connectivity index (χ2n) is 6.95. The van der Waals surface area contributed by atoms with Crippen LogP contribution in [0.15, 0.2) is 12.4 Å². The summed E-state index contributed by atoms with van der Waals surface area (Å²) in [7, 11) is -1.54. The first kappa shape index (κ1) is 17.0. The molecule has 1 aliphatic carbocycles. The van der Waals surface area contributed by atoms with Crippen LogP contribution in [0.25, 0.3) is 0 Å². The van der Waals surface area contributed by atoms with E-state index in [4.69, 9.17) is 9.47 Å². The molecule has 3 heterocycles. The van der Waals surface area contributed by atoms with Gasteiger partial charge in [-0.15, -0.1) is 0 Å². The zero-order chi connectivity index (χ0) is 17.7. The minimum absolute atomic E-state index is 0.102. The van der Waals surface area contributed by atoms with Crippen LogP contribution < -0.4 is 4.90 Å². The van der Waals surface area contributed by atoms with Gasteiger partial charge in [-0.3, -0.25) is 9.48 Å². The highest BCUT2D eigenvalue weighted by molar-refractivity contribution is 7.90. The van der Waals surface area contributed by atoms with Crippen LogP contribution in [0.3, 0.4) is 0 Å². The predicted molar refractivity (Wildman–Crippen MR) is 88.6 cm³/mol. The normalized spacial score (nSPS) is 29.2. The van der Waals surface area contributed by atoms with Gasteiger partial charge < -0.3 is 14.4 Å². The monoisotopic (exact) mass is 370 g/mol. The summed E-state index contributed by atoms with van der Waals surface area (Å²) in [5.74, 6) is -0.167. The van der Waals surface area contributed by atoms with Crippen LogP contribution in [-0.2, 0) is 31.3 Å². The van der Waals surface area contributed by atoms with Gasteiger partial charge in [-0.2, -0.15) is 9.40 Å². The minimum atomic E-state index is -3.33. The third-order valence-corrected chi connectivity index (χ3v) is 7.22. The Morgan fingerprint density at radius 1 is 1.32 bits per heavy atom. The van der Waals surface area contributed by atoms with Gasteiger partial charge in [-0.05, 0) is 12.8 Å². The van der Waals surface area contributed by atoms with Gasteiger partial charge in [-0.1, -0.05) is 0 Å². The quantitative estimate of drug-likeness (QED) is 0.702. The number of carbonyl (C=O) groups excluding carboxylic acids is 1. The Morgan fingerprint density at radius 2 is 2.12 bits per heavy atom. The van der Waals surface area contributed by atoms with E-state index >= 15 is 0 Å². The summed E-state index contributed by atoms with van der Waals surface area (Å²) in [6.45, 7) is 1.26. The van der Waals surface area contributed by atoms with E-state index in [2.05, 4.69) is 5.10 Å². The molecule has 1 aromatic rings. The highest BCUT2D eigenvalue weighted by Gasteiger charge is 2.48. The van der Waals surface area contributed by atoms with Crippen molar-refractivity contribution >= 4 is 21.6 Å². The Balaban J connectivity index is 1.59. The van der Waals surface area contributed by atoms with Crippen molar-refractivity contribution in [3.8, 4) is 0 Å².